The average molecular weight is 243 g/mol. The van der Waals surface area contributed by atoms with E-state index in [-0.39, 0.29) is 16.3 Å². The molecule has 0 aromatic carbocycles. The molecule has 0 fully saturated rings. The summed E-state index contributed by atoms with van der Waals surface area (Å²) in [7, 11) is 0. The fraction of sp³-hybridized carbons (Fsp3) is 0.500. The van der Waals surface area contributed by atoms with Gasteiger partial charge in [0.05, 0.1) is 11.5 Å². The first-order valence-corrected chi connectivity index (χ1v) is 5.42. The van der Waals surface area contributed by atoms with Gasteiger partial charge in [0.2, 0.25) is 0 Å². The number of hydrogen-bond donors (Lipinski definition) is 1. The van der Waals surface area contributed by atoms with Crippen LogP contribution >= 0.6 is 11.6 Å². The van der Waals surface area contributed by atoms with Crippen LogP contribution in [0.4, 0.5) is 0 Å². The summed E-state index contributed by atoms with van der Waals surface area (Å²) in [4.78, 5) is 27.0. The molecule has 6 heteroatoms. The highest BCUT2D eigenvalue weighted by molar-refractivity contribution is 6.30. The molecule has 1 aromatic heterocycles. The van der Waals surface area contributed by atoms with Crippen molar-refractivity contribution in [3.05, 3.63) is 26.9 Å². The number of carbonyl (C=O) groups is 1. The van der Waals surface area contributed by atoms with Gasteiger partial charge in [-0.25, -0.2) is 4.98 Å². The van der Waals surface area contributed by atoms with E-state index < -0.39 is 11.9 Å². The van der Waals surface area contributed by atoms with Crippen LogP contribution < -0.4 is 5.56 Å². The lowest BCUT2D eigenvalue weighted by Gasteiger charge is -2.10. The molecule has 2 heterocycles. The van der Waals surface area contributed by atoms with E-state index in [4.69, 9.17) is 16.7 Å². The van der Waals surface area contributed by atoms with Gasteiger partial charge in [0.1, 0.15) is 11.0 Å². The lowest BCUT2D eigenvalue weighted by Crippen LogP contribution is -2.28. The van der Waals surface area contributed by atoms with Gasteiger partial charge in [-0.05, 0) is 13.3 Å². The van der Waals surface area contributed by atoms with Crippen molar-refractivity contribution < 1.29 is 9.90 Å². The highest BCUT2D eigenvalue weighted by atomic mass is 35.5. The average Bonchev–Trinajstić information content (AvgIpc) is 2.65. The summed E-state index contributed by atoms with van der Waals surface area (Å²) in [6, 6.07) is 0. The number of aryl methyl sites for hydroxylation is 1. The van der Waals surface area contributed by atoms with E-state index in [1.807, 2.05) is 0 Å². The molecule has 0 radical (unpaired) electrons. The summed E-state index contributed by atoms with van der Waals surface area (Å²) >= 11 is 5.86. The highest BCUT2D eigenvalue weighted by Gasteiger charge is 2.26. The van der Waals surface area contributed by atoms with Gasteiger partial charge in [0, 0.05) is 13.0 Å². The molecular formula is C10H11ClN2O3. The van der Waals surface area contributed by atoms with Crippen molar-refractivity contribution in [2.24, 2.45) is 0 Å². The summed E-state index contributed by atoms with van der Waals surface area (Å²) < 4.78 is 1.51. The zero-order valence-corrected chi connectivity index (χ0v) is 9.49. The Balaban J connectivity index is 2.63. The van der Waals surface area contributed by atoms with Gasteiger partial charge in [0.25, 0.3) is 5.56 Å². The number of aromatic nitrogens is 2. The number of carboxylic acid groups (broad SMARTS) is 1. The first kappa shape index (κ1) is 11.1. The molecule has 1 aliphatic rings. The Morgan fingerprint density at radius 1 is 1.62 bits per heavy atom. The Labute approximate surface area is 96.7 Å². The van der Waals surface area contributed by atoms with Crippen LogP contribution in [0.15, 0.2) is 4.79 Å². The minimum atomic E-state index is -1.07. The Morgan fingerprint density at radius 2 is 2.31 bits per heavy atom. The number of rotatable bonds is 2. The minimum absolute atomic E-state index is 0.0213. The van der Waals surface area contributed by atoms with Crippen molar-refractivity contribution in [2.45, 2.75) is 32.2 Å². The van der Waals surface area contributed by atoms with Crippen LogP contribution in [0.2, 0.25) is 5.15 Å². The largest absolute Gasteiger partial charge is 0.481 e. The number of hydrogen-bond acceptors (Lipinski definition) is 3. The van der Waals surface area contributed by atoms with Crippen LogP contribution in [0.5, 0.6) is 0 Å². The van der Waals surface area contributed by atoms with Gasteiger partial charge in [0.15, 0.2) is 0 Å². The molecule has 1 aliphatic heterocycles. The Bertz CT molecular complexity index is 510. The molecule has 86 valence electrons. The van der Waals surface area contributed by atoms with Crippen molar-refractivity contribution >= 4 is 17.6 Å². The topological polar surface area (TPSA) is 72.2 Å². The summed E-state index contributed by atoms with van der Waals surface area (Å²) in [5.41, 5.74) is -0.234. The van der Waals surface area contributed by atoms with Crippen LogP contribution in [-0.2, 0) is 17.8 Å². The second kappa shape index (κ2) is 3.90. The van der Waals surface area contributed by atoms with Gasteiger partial charge in [-0.3, -0.25) is 14.2 Å². The minimum Gasteiger partial charge on any atom is -0.481 e. The van der Waals surface area contributed by atoms with Crippen LogP contribution in [-0.4, -0.2) is 20.6 Å². The lowest BCUT2D eigenvalue weighted by molar-refractivity contribution is -0.138. The van der Waals surface area contributed by atoms with Crippen LogP contribution in [0.1, 0.15) is 30.7 Å². The van der Waals surface area contributed by atoms with Crippen molar-refractivity contribution in [2.75, 3.05) is 0 Å². The number of nitrogens with zero attached hydrogens (tertiary/aromatic N) is 2. The highest BCUT2D eigenvalue weighted by Crippen LogP contribution is 2.22. The molecule has 0 saturated heterocycles. The van der Waals surface area contributed by atoms with E-state index in [0.717, 1.165) is 12.8 Å². The third kappa shape index (κ3) is 1.61. The third-order valence-electron chi connectivity index (χ3n) is 2.82. The van der Waals surface area contributed by atoms with Gasteiger partial charge in [-0.2, -0.15) is 0 Å². The monoisotopic (exact) mass is 242 g/mol. The maximum absolute atomic E-state index is 12.0. The molecule has 16 heavy (non-hydrogen) atoms. The summed E-state index contributed by atoms with van der Waals surface area (Å²) in [6.45, 7) is 2.03. The van der Waals surface area contributed by atoms with Crippen molar-refractivity contribution in [1.29, 1.82) is 0 Å². The van der Waals surface area contributed by atoms with Gasteiger partial charge in [-0.1, -0.05) is 11.6 Å². The quantitative estimate of drug-likeness (QED) is 0.787. The first-order valence-electron chi connectivity index (χ1n) is 5.04. The maximum atomic E-state index is 12.0. The van der Waals surface area contributed by atoms with Crippen LogP contribution in [0.25, 0.3) is 0 Å². The number of aliphatic carboxylic acids is 1. The second-order valence-electron chi connectivity index (χ2n) is 3.85. The predicted octanol–water partition coefficient (Wildman–Crippen LogP) is 1.03. The normalized spacial score (nSPS) is 15.9. The maximum Gasteiger partial charge on any atom is 0.311 e. The third-order valence-corrected chi connectivity index (χ3v) is 3.11. The fourth-order valence-electron chi connectivity index (χ4n) is 1.89. The van der Waals surface area contributed by atoms with Crippen LogP contribution in [0.3, 0.4) is 0 Å². The van der Waals surface area contributed by atoms with E-state index in [1.54, 1.807) is 0 Å². The van der Waals surface area contributed by atoms with E-state index in [1.165, 1.54) is 11.5 Å². The van der Waals surface area contributed by atoms with Gasteiger partial charge >= 0.3 is 5.97 Å². The zero-order chi connectivity index (χ0) is 11.9. The van der Waals surface area contributed by atoms with E-state index >= 15 is 0 Å². The molecular weight excluding hydrogens is 232 g/mol. The Morgan fingerprint density at radius 3 is 2.94 bits per heavy atom. The summed E-state index contributed by atoms with van der Waals surface area (Å²) in [5, 5.41) is 8.92. The molecule has 0 aliphatic carbocycles. The smallest absolute Gasteiger partial charge is 0.311 e. The molecule has 0 spiro atoms. The number of carboxylic acids is 1. The van der Waals surface area contributed by atoms with Crippen LogP contribution in [0, 0.1) is 0 Å². The number of fused-ring (bicyclic) bond motifs is 1. The molecule has 0 amide bonds. The molecule has 0 saturated carbocycles. The SMILES string of the molecule is CC(C(=O)O)c1c(Cl)nc2n(c1=O)CCC2. The Kier molecular flexibility index (Phi) is 2.71. The molecule has 2 rings (SSSR count). The summed E-state index contributed by atoms with van der Waals surface area (Å²) in [6.07, 6.45) is 1.57. The van der Waals surface area contributed by atoms with E-state index in [2.05, 4.69) is 4.98 Å². The lowest BCUT2D eigenvalue weighted by atomic mass is 10.1. The van der Waals surface area contributed by atoms with Crippen molar-refractivity contribution in [3.8, 4) is 0 Å². The molecule has 0 bridgehead atoms. The second-order valence-corrected chi connectivity index (χ2v) is 4.21. The van der Waals surface area contributed by atoms with E-state index in [0.29, 0.717) is 12.4 Å². The van der Waals surface area contributed by atoms with Gasteiger partial charge in [-0.15, -0.1) is 0 Å². The van der Waals surface area contributed by atoms with Crippen molar-refractivity contribution in [3.63, 3.8) is 0 Å². The van der Waals surface area contributed by atoms with E-state index in [9.17, 15) is 9.59 Å². The molecule has 5 nitrogen and oxygen atoms in total. The van der Waals surface area contributed by atoms with Gasteiger partial charge < -0.3 is 5.11 Å². The first-order chi connectivity index (χ1) is 7.52. The molecule has 1 N–H and O–H groups in total. The molecule has 1 unspecified atom stereocenters. The van der Waals surface area contributed by atoms with Crippen molar-refractivity contribution in [1.82, 2.24) is 9.55 Å². The standard InChI is InChI=1S/C10H11ClN2O3/c1-5(10(15)16)7-8(11)12-6-3-2-4-13(6)9(7)14/h5H,2-4H2,1H3,(H,15,16). The number of halogens is 1. The molecule has 1 aromatic rings. The zero-order valence-electron chi connectivity index (χ0n) is 8.73. The predicted molar refractivity (Wildman–Crippen MR) is 57.9 cm³/mol. The molecule has 1 atom stereocenters. The Hall–Kier alpha value is -1.36. The summed E-state index contributed by atoms with van der Waals surface area (Å²) in [5.74, 6) is -1.35. The fourth-order valence-corrected chi connectivity index (χ4v) is 2.23.